The minimum Gasteiger partial charge on any atom is -0.494 e. The van der Waals surface area contributed by atoms with Crippen LogP contribution in [0.2, 0.25) is 0 Å². The van der Waals surface area contributed by atoms with Crippen molar-refractivity contribution in [3.8, 4) is 5.75 Å². The Morgan fingerprint density at radius 2 is 2.05 bits per heavy atom. The molecule has 1 N–H and O–H groups in total. The van der Waals surface area contributed by atoms with Gasteiger partial charge in [-0.05, 0) is 19.4 Å². The van der Waals surface area contributed by atoms with Gasteiger partial charge in [-0.3, -0.25) is 4.68 Å². The van der Waals surface area contributed by atoms with Gasteiger partial charge in [-0.1, -0.05) is 25.1 Å². The van der Waals surface area contributed by atoms with Crippen molar-refractivity contribution in [3.05, 3.63) is 41.7 Å². The van der Waals surface area contributed by atoms with Crippen LogP contribution in [0.5, 0.6) is 5.75 Å². The molecule has 102 valence electrons. The zero-order chi connectivity index (χ0) is 13.7. The van der Waals surface area contributed by atoms with Gasteiger partial charge in [-0.15, -0.1) is 0 Å². The molecule has 19 heavy (non-hydrogen) atoms. The van der Waals surface area contributed by atoms with Crippen molar-refractivity contribution in [2.45, 2.75) is 26.8 Å². The number of nitrogens with one attached hydrogen (secondary N) is 1. The molecule has 4 nitrogen and oxygen atoms in total. The van der Waals surface area contributed by atoms with Gasteiger partial charge in [0.15, 0.2) is 0 Å². The molecule has 1 aromatic heterocycles. The molecule has 0 saturated heterocycles. The van der Waals surface area contributed by atoms with E-state index in [0.29, 0.717) is 6.61 Å². The lowest BCUT2D eigenvalue weighted by atomic mass is 10.2. The van der Waals surface area contributed by atoms with E-state index in [9.17, 15) is 0 Å². The number of ether oxygens (including phenoxy) is 1. The standard InChI is InChI=1S/C15H21N3O/c1-4-13-14(11-18(3)17-13)16-10-12-8-6-7-9-15(12)19-5-2/h6-9,11,16H,4-5,10H2,1-3H3. The summed E-state index contributed by atoms with van der Waals surface area (Å²) >= 11 is 0. The quantitative estimate of drug-likeness (QED) is 0.866. The molecule has 0 amide bonds. The second-order valence-corrected chi connectivity index (χ2v) is 4.41. The SMILES string of the molecule is CCOc1ccccc1CNc1cn(C)nc1CC. The Labute approximate surface area is 114 Å². The van der Waals surface area contributed by atoms with Crippen molar-refractivity contribution in [2.24, 2.45) is 7.05 Å². The molecular weight excluding hydrogens is 238 g/mol. The Hall–Kier alpha value is -1.97. The van der Waals surface area contributed by atoms with Gasteiger partial charge in [0.2, 0.25) is 0 Å². The summed E-state index contributed by atoms with van der Waals surface area (Å²) in [6, 6.07) is 8.12. The summed E-state index contributed by atoms with van der Waals surface area (Å²) in [4.78, 5) is 0. The number of hydrogen-bond acceptors (Lipinski definition) is 3. The second-order valence-electron chi connectivity index (χ2n) is 4.41. The first-order chi connectivity index (χ1) is 9.24. The Morgan fingerprint density at radius 1 is 1.26 bits per heavy atom. The van der Waals surface area contributed by atoms with Gasteiger partial charge >= 0.3 is 0 Å². The number of rotatable bonds is 6. The molecular formula is C15H21N3O. The van der Waals surface area contributed by atoms with Crippen LogP contribution >= 0.6 is 0 Å². The maximum atomic E-state index is 5.63. The second kappa shape index (κ2) is 6.27. The summed E-state index contributed by atoms with van der Waals surface area (Å²) in [7, 11) is 1.94. The van der Waals surface area contributed by atoms with Crippen LogP contribution in [0.1, 0.15) is 25.1 Å². The van der Waals surface area contributed by atoms with Crippen LogP contribution in [0.25, 0.3) is 0 Å². The zero-order valence-electron chi connectivity index (χ0n) is 11.8. The van der Waals surface area contributed by atoms with Crippen molar-refractivity contribution in [1.29, 1.82) is 0 Å². The summed E-state index contributed by atoms with van der Waals surface area (Å²) in [5, 5.41) is 7.86. The van der Waals surface area contributed by atoms with Gasteiger partial charge in [-0.25, -0.2) is 0 Å². The molecule has 1 heterocycles. The molecule has 0 atom stereocenters. The highest BCUT2D eigenvalue weighted by atomic mass is 16.5. The van der Waals surface area contributed by atoms with E-state index in [-0.39, 0.29) is 0 Å². The highest BCUT2D eigenvalue weighted by Crippen LogP contribution is 2.21. The molecule has 2 aromatic rings. The van der Waals surface area contributed by atoms with E-state index in [2.05, 4.69) is 23.4 Å². The lowest BCUT2D eigenvalue weighted by Crippen LogP contribution is -2.03. The molecule has 0 aliphatic heterocycles. The van der Waals surface area contributed by atoms with Crippen LogP contribution in [0, 0.1) is 0 Å². The summed E-state index contributed by atoms with van der Waals surface area (Å²) in [6.45, 7) is 5.54. The van der Waals surface area contributed by atoms with Gasteiger partial charge in [-0.2, -0.15) is 5.10 Å². The van der Waals surface area contributed by atoms with Gasteiger partial charge < -0.3 is 10.1 Å². The first kappa shape index (κ1) is 13.5. The van der Waals surface area contributed by atoms with E-state index in [4.69, 9.17) is 4.74 Å². The highest BCUT2D eigenvalue weighted by Gasteiger charge is 2.07. The van der Waals surface area contributed by atoms with E-state index in [1.807, 2.05) is 43.0 Å². The molecule has 4 heteroatoms. The van der Waals surface area contributed by atoms with E-state index < -0.39 is 0 Å². The van der Waals surface area contributed by atoms with E-state index in [0.717, 1.165) is 35.7 Å². The molecule has 0 radical (unpaired) electrons. The first-order valence-electron chi connectivity index (χ1n) is 6.71. The highest BCUT2D eigenvalue weighted by molar-refractivity contribution is 5.48. The fourth-order valence-electron chi connectivity index (χ4n) is 2.08. The molecule has 0 aliphatic rings. The summed E-state index contributed by atoms with van der Waals surface area (Å²) in [5.41, 5.74) is 3.35. The van der Waals surface area contributed by atoms with Crippen LogP contribution in [0.4, 0.5) is 5.69 Å². The maximum Gasteiger partial charge on any atom is 0.124 e. The largest absolute Gasteiger partial charge is 0.494 e. The Bertz CT molecular complexity index is 534. The minimum atomic E-state index is 0.685. The number of para-hydroxylation sites is 1. The third kappa shape index (κ3) is 3.28. The third-order valence-electron chi connectivity index (χ3n) is 2.98. The maximum absolute atomic E-state index is 5.63. The molecule has 0 bridgehead atoms. The molecule has 0 fully saturated rings. The van der Waals surface area contributed by atoms with Crippen LogP contribution in [0.3, 0.4) is 0 Å². The number of aryl methyl sites for hydroxylation is 2. The molecule has 2 rings (SSSR count). The fourth-order valence-corrected chi connectivity index (χ4v) is 2.08. The zero-order valence-corrected chi connectivity index (χ0v) is 11.8. The number of hydrogen-bond donors (Lipinski definition) is 1. The van der Waals surface area contributed by atoms with Crippen molar-refractivity contribution in [1.82, 2.24) is 9.78 Å². The van der Waals surface area contributed by atoms with Gasteiger partial charge in [0.05, 0.1) is 18.0 Å². The molecule has 0 aliphatic carbocycles. The number of benzene rings is 1. The molecule has 0 unspecified atom stereocenters. The van der Waals surface area contributed by atoms with Crippen molar-refractivity contribution in [3.63, 3.8) is 0 Å². The normalized spacial score (nSPS) is 10.5. The van der Waals surface area contributed by atoms with Gasteiger partial charge in [0, 0.05) is 25.4 Å². The van der Waals surface area contributed by atoms with Crippen LogP contribution in [-0.2, 0) is 20.0 Å². The molecule has 1 aromatic carbocycles. The van der Waals surface area contributed by atoms with Crippen molar-refractivity contribution < 1.29 is 4.74 Å². The average Bonchev–Trinajstić information content (AvgIpc) is 2.78. The van der Waals surface area contributed by atoms with E-state index in [1.54, 1.807) is 0 Å². The number of anilines is 1. The smallest absolute Gasteiger partial charge is 0.124 e. The number of aromatic nitrogens is 2. The molecule has 0 saturated carbocycles. The Morgan fingerprint density at radius 3 is 2.79 bits per heavy atom. The monoisotopic (exact) mass is 259 g/mol. The fraction of sp³-hybridized carbons (Fsp3) is 0.400. The minimum absolute atomic E-state index is 0.685. The lowest BCUT2D eigenvalue weighted by molar-refractivity contribution is 0.337. The Balaban J connectivity index is 2.09. The topological polar surface area (TPSA) is 39.1 Å². The lowest BCUT2D eigenvalue weighted by Gasteiger charge is -2.11. The summed E-state index contributed by atoms with van der Waals surface area (Å²) < 4.78 is 7.47. The summed E-state index contributed by atoms with van der Waals surface area (Å²) in [5.74, 6) is 0.944. The predicted octanol–water partition coefficient (Wildman–Crippen LogP) is 2.99. The van der Waals surface area contributed by atoms with Crippen LogP contribution in [-0.4, -0.2) is 16.4 Å². The predicted molar refractivity (Wildman–Crippen MR) is 77.5 cm³/mol. The van der Waals surface area contributed by atoms with Gasteiger partial charge in [0.1, 0.15) is 5.75 Å². The van der Waals surface area contributed by atoms with Crippen molar-refractivity contribution in [2.75, 3.05) is 11.9 Å². The third-order valence-corrected chi connectivity index (χ3v) is 2.98. The first-order valence-corrected chi connectivity index (χ1v) is 6.71. The van der Waals surface area contributed by atoms with Crippen molar-refractivity contribution >= 4 is 5.69 Å². The average molecular weight is 259 g/mol. The summed E-state index contributed by atoms with van der Waals surface area (Å²) in [6.07, 6.45) is 2.94. The number of nitrogens with zero attached hydrogens (tertiary/aromatic N) is 2. The van der Waals surface area contributed by atoms with Gasteiger partial charge in [0.25, 0.3) is 0 Å². The van der Waals surface area contributed by atoms with Crippen LogP contribution in [0.15, 0.2) is 30.5 Å². The Kier molecular flexibility index (Phi) is 4.44. The van der Waals surface area contributed by atoms with Crippen LogP contribution < -0.4 is 10.1 Å². The molecule has 0 spiro atoms. The van der Waals surface area contributed by atoms with E-state index in [1.165, 1.54) is 0 Å². The van der Waals surface area contributed by atoms with E-state index >= 15 is 0 Å².